The van der Waals surface area contributed by atoms with Crippen molar-refractivity contribution in [3.63, 3.8) is 0 Å². The first-order chi connectivity index (χ1) is 16.2. The predicted molar refractivity (Wildman–Crippen MR) is 128 cm³/mol. The highest BCUT2D eigenvalue weighted by molar-refractivity contribution is 5.81. The van der Waals surface area contributed by atoms with E-state index in [2.05, 4.69) is 54.6 Å². The standard InChI is InChI=1S/C29H25NO3/c31-17-19-6-5-7-20(14-19)21-15-22-12-13-23(16-21)30(22)29(32)33-18-28-26-10-3-1-8-24(26)25-9-2-4-11-27(25)28/h1-11,14-15,17,22-23,28H,12-13,16,18H2. The molecule has 2 atom stereocenters. The summed E-state index contributed by atoms with van der Waals surface area (Å²) in [5.74, 6) is 0.0703. The van der Waals surface area contributed by atoms with Gasteiger partial charge in [0.15, 0.2) is 0 Å². The summed E-state index contributed by atoms with van der Waals surface area (Å²) >= 11 is 0. The first-order valence-electron chi connectivity index (χ1n) is 11.6. The van der Waals surface area contributed by atoms with Crippen LogP contribution in [0.15, 0.2) is 78.9 Å². The molecular weight excluding hydrogens is 410 g/mol. The Morgan fingerprint density at radius 2 is 1.67 bits per heavy atom. The van der Waals surface area contributed by atoms with Gasteiger partial charge in [-0.15, -0.1) is 0 Å². The van der Waals surface area contributed by atoms with Gasteiger partial charge in [-0.2, -0.15) is 0 Å². The highest BCUT2D eigenvalue weighted by atomic mass is 16.6. The second kappa shape index (κ2) is 8.04. The fourth-order valence-corrected chi connectivity index (χ4v) is 5.81. The molecule has 3 aliphatic rings. The van der Waals surface area contributed by atoms with Gasteiger partial charge in [-0.25, -0.2) is 4.79 Å². The second-order valence-electron chi connectivity index (χ2n) is 9.15. The Kier molecular flexibility index (Phi) is 4.87. The lowest BCUT2D eigenvalue weighted by Gasteiger charge is -2.33. The van der Waals surface area contributed by atoms with E-state index in [4.69, 9.17) is 4.74 Å². The molecule has 1 amide bonds. The molecule has 2 heterocycles. The number of amides is 1. The van der Waals surface area contributed by atoms with Gasteiger partial charge >= 0.3 is 6.09 Å². The number of ether oxygens (including phenoxy) is 1. The monoisotopic (exact) mass is 435 g/mol. The van der Waals surface area contributed by atoms with Crippen molar-refractivity contribution < 1.29 is 14.3 Å². The quantitative estimate of drug-likeness (QED) is 0.468. The molecule has 1 aliphatic carbocycles. The van der Waals surface area contributed by atoms with Crippen LogP contribution in [0, 0.1) is 0 Å². The van der Waals surface area contributed by atoms with E-state index in [1.54, 1.807) is 0 Å². The Bertz CT molecular complexity index is 1230. The number of carbonyl (C=O) groups is 2. The van der Waals surface area contributed by atoms with Crippen LogP contribution in [-0.2, 0) is 4.74 Å². The van der Waals surface area contributed by atoms with Gasteiger partial charge in [0.2, 0.25) is 0 Å². The van der Waals surface area contributed by atoms with E-state index in [9.17, 15) is 9.59 Å². The van der Waals surface area contributed by atoms with Crippen molar-refractivity contribution in [2.75, 3.05) is 6.61 Å². The van der Waals surface area contributed by atoms with Gasteiger partial charge in [-0.1, -0.05) is 72.8 Å². The second-order valence-corrected chi connectivity index (χ2v) is 9.15. The summed E-state index contributed by atoms with van der Waals surface area (Å²) in [5, 5.41) is 0. The average molecular weight is 436 g/mol. The van der Waals surface area contributed by atoms with Crippen molar-refractivity contribution in [2.45, 2.75) is 37.3 Å². The first-order valence-corrected chi connectivity index (χ1v) is 11.6. The highest BCUT2D eigenvalue weighted by Crippen LogP contribution is 2.45. The van der Waals surface area contributed by atoms with Gasteiger partial charge in [0.05, 0.1) is 6.04 Å². The molecule has 0 N–H and O–H groups in total. The lowest BCUT2D eigenvalue weighted by molar-refractivity contribution is 0.0866. The highest BCUT2D eigenvalue weighted by Gasteiger charge is 2.41. The van der Waals surface area contributed by atoms with Gasteiger partial charge in [-0.3, -0.25) is 9.69 Å². The summed E-state index contributed by atoms with van der Waals surface area (Å²) in [6.45, 7) is 0.348. The van der Waals surface area contributed by atoms with Crippen molar-refractivity contribution in [1.29, 1.82) is 0 Å². The number of carbonyl (C=O) groups excluding carboxylic acids is 2. The third-order valence-electron chi connectivity index (χ3n) is 7.34. The fraction of sp³-hybridized carbons (Fsp3) is 0.241. The van der Waals surface area contributed by atoms with Crippen LogP contribution < -0.4 is 0 Å². The normalized spacial score (nSPS) is 20.7. The lowest BCUT2D eigenvalue weighted by atomic mass is 9.94. The summed E-state index contributed by atoms with van der Waals surface area (Å²) < 4.78 is 5.95. The van der Waals surface area contributed by atoms with Crippen LogP contribution in [0.3, 0.4) is 0 Å². The van der Waals surface area contributed by atoms with Crippen LogP contribution in [0.25, 0.3) is 16.7 Å². The molecule has 6 rings (SSSR count). The van der Waals surface area contributed by atoms with E-state index < -0.39 is 0 Å². The number of hydrogen-bond donors (Lipinski definition) is 0. The Labute approximate surface area is 193 Å². The lowest BCUT2D eigenvalue weighted by Crippen LogP contribution is -2.43. The molecule has 1 fully saturated rings. The summed E-state index contributed by atoms with van der Waals surface area (Å²) in [6.07, 6.45) is 5.57. The molecule has 3 aromatic rings. The van der Waals surface area contributed by atoms with Crippen LogP contribution >= 0.6 is 0 Å². The van der Waals surface area contributed by atoms with Crippen molar-refractivity contribution in [2.24, 2.45) is 0 Å². The summed E-state index contributed by atoms with van der Waals surface area (Å²) in [6, 6.07) is 24.7. The molecule has 2 unspecified atom stereocenters. The van der Waals surface area contributed by atoms with Crippen molar-refractivity contribution in [3.8, 4) is 11.1 Å². The Balaban J connectivity index is 1.20. The molecule has 33 heavy (non-hydrogen) atoms. The molecule has 0 saturated carbocycles. The maximum Gasteiger partial charge on any atom is 0.410 e. The minimum atomic E-state index is -0.221. The molecule has 4 heteroatoms. The zero-order valence-corrected chi connectivity index (χ0v) is 18.3. The largest absolute Gasteiger partial charge is 0.448 e. The van der Waals surface area contributed by atoms with Crippen molar-refractivity contribution in [1.82, 2.24) is 4.90 Å². The van der Waals surface area contributed by atoms with Crippen LogP contribution in [0.5, 0.6) is 0 Å². The summed E-state index contributed by atoms with van der Waals surface area (Å²) in [5.41, 5.74) is 7.89. The minimum Gasteiger partial charge on any atom is -0.448 e. The SMILES string of the molecule is O=Cc1cccc(C2=CC3CCC(C2)N3C(=O)OCC2c3ccccc3-c3ccccc32)c1. The van der Waals surface area contributed by atoms with Gasteiger partial charge in [-0.05, 0) is 58.7 Å². The van der Waals surface area contributed by atoms with Crippen LogP contribution in [0.4, 0.5) is 4.79 Å². The fourth-order valence-electron chi connectivity index (χ4n) is 5.81. The molecule has 3 aromatic carbocycles. The molecular formula is C29H25NO3. The zero-order valence-electron chi connectivity index (χ0n) is 18.3. The van der Waals surface area contributed by atoms with E-state index in [-0.39, 0.29) is 24.1 Å². The third kappa shape index (κ3) is 3.37. The van der Waals surface area contributed by atoms with Gasteiger partial charge in [0.1, 0.15) is 12.9 Å². The number of nitrogens with zero attached hydrogens (tertiary/aromatic N) is 1. The first kappa shape index (κ1) is 20.0. The maximum absolute atomic E-state index is 13.2. The maximum atomic E-state index is 13.2. The number of fused-ring (bicyclic) bond motifs is 5. The number of aldehydes is 1. The van der Waals surface area contributed by atoms with Crippen LogP contribution in [0.1, 0.15) is 52.2 Å². The van der Waals surface area contributed by atoms with Crippen LogP contribution in [-0.4, -0.2) is 36.0 Å². The molecule has 0 aromatic heterocycles. The number of rotatable bonds is 4. The molecule has 2 aliphatic heterocycles. The van der Waals surface area contributed by atoms with E-state index >= 15 is 0 Å². The number of hydrogen-bond acceptors (Lipinski definition) is 3. The topological polar surface area (TPSA) is 46.6 Å². The molecule has 4 nitrogen and oxygen atoms in total. The summed E-state index contributed by atoms with van der Waals surface area (Å²) in [4.78, 5) is 26.3. The van der Waals surface area contributed by atoms with E-state index in [0.717, 1.165) is 31.1 Å². The smallest absolute Gasteiger partial charge is 0.410 e. The Morgan fingerprint density at radius 1 is 0.939 bits per heavy atom. The molecule has 2 bridgehead atoms. The average Bonchev–Trinajstić information content (AvgIpc) is 3.33. The van der Waals surface area contributed by atoms with Gasteiger partial charge < -0.3 is 4.74 Å². The van der Waals surface area contributed by atoms with Gasteiger partial charge in [0.25, 0.3) is 0 Å². The number of benzene rings is 3. The van der Waals surface area contributed by atoms with Crippen molar-refractivity contribution >= 4 is 18.0 Å². The minimum absolute atomic E-state index is 0.0503. The molecule has 0 radical (unpaired) electrons. The van der Waals surface area contributed by atoms with Crippen LogP contribution in [0.2, 0.25) is 0 Å². The summed E-state index contributed by atoms with van der Waals surface area (Å²) in [7, 11) is 0. The predicted octanol–water partition coefficient (Wildman–Crippen LogP) is 6.07. The van der Waals surface area contributed by atoms with E-state index in [1.165, 1.54) is 27.8 Å². The van der Waals surface area contributed by atoms with E-state index in [1.807, 2.05) is 29.2 Å². The third-order valence-corrected chi connectivity index (χ3v) is 7.34. The Hall–Kier alpha value is -3.66. The Morgan fingerprint density at radius 3 is 2.36 bits per heavy atom. The van der Waals surface area contributed by atoms with Gasteiger partial charge in [0, 0.05) is 17.5 Å². The molecule has 0 spiro atoms. The van der Waals surface area contributed by atoms with E-state index in [0.29, 0.717) is 12.2 Å². The molecule has 164 valence electrons. The molecule has 1 saturated heterocycles. The zero-order chi connectivity index (χ0) is 22.4. The van der Waals surface area contributed by atoms with Crippen molar-refractivity contribution in [3.05, 3.63) is 101 Å².